The van der Waals surface area contributed by atoms with Crippen LogP contribution in [0.2, 0.25) is 0 Å². The van der Waals surface area contributed by atoms with E-state index in [9.17, 15) is 4.79 Å². The minimum Gasteiger partial charge on any atom is -0.346 e. The summed E-state index contributed by atoms with van der Waals surface area (Å²) in [6.07, 6.45) is 6.16. The monoisotopic (exact) mass is 440 g/mol. The van der Waals surface area contributed by atoms with Crippen molar-refractivity contribution in [1.29, 1.82) is 0 Å². The van der Waals surface area contributed by atoms with Crippen LogP contribution in [0.15, 0.2) is 78.4 Å². The summed E-state index contributed by atoms with van der Waals surface area (Å²) in [4.78, 5) is 12.5. The van der Waals surface area contributed by atoms with Gasteiger partial charge in [-0.2, -0.15) is 0 Å². The summed E-state index contributed by atoms with van der Waals surface area (Å²) in [5.74, 6) is 0.266. The molecule has 0 radical (unpaired) electrons. The first-order valence-electron chi connectivity index (χ1n) is 12.0. The minimum absolute atomic E-state index is 0.0840. The van der Waals surface area contributed by atoms with Crippen molar-refractivity contribution in [1.82, 2.24) is 10.6 Å². The third kappa shape index (κ3) is 5.20. The number of carbonyl (C=O) groups excluding carboxylic acids is 1. The Morgan fingerprint density at radius 2 is 1.58 bits per heavy atom. The molecule has 1 spiro atoms. The molecule has 0 unspecified atom stereocenters. The van der Waals surface area contributed by atoms with Gasteiger partial charge in [-0.3, -0.25) is 4.79 Å². The predicted molar refractivity (Wildman–Crippen MR) is 138 cm³/mol. The van der Waals surface area contributed by atoms with Crippen LogP contribution in [0.4, 0.5) is 0 Å². The van der Waals surface area contributed by atoms with Gasteiger partial charge in [0.25, 0.3) is 5.91 Å². The molecule has 1 aliphatic heterocycles. The Labute approximate surface area is 198 Å². The Hall–Kier alpha value is -2.91. The maximum atomic E-state index is 12.5. The molecule has 0 bridgehead atoms. The average molecular weight is 441 g/mol. The van der Waals surface area contributed by atoms with E-state index >= 15 is 0 Å². The van der Waals surface area contributed by atoms with E-state index in [1.807, 2.05) is 13.0 Å². The van der Waals surface area contributed by atoms with Crippen LogP contribution in [0.5, 0.6) is 0 Å². The Kier molecular flexibility index (Phi) is 6.71. The highest BCUT2D eigenvalue weighted by molar-refractivity contribution is 5.95. The lowest BCUT2D eigenvalue weighted by molar-refractivity contribution is -0.117. The second-order valence-electron chi connectivity index (χ2n) is 10.2. The number of allylic oxidation sites excluding steroid dienone is 2. The number of hydrogen-bond donors (Lipinski definition) is 2. The summed E-state index contributed by atoms with van der Waals surface area (Å²) in [5, 5.41) is 6.51. The molecule has 1 heterocycles. The normalized spacial score (nSPS) is 17.5. The van der Waals surface area contributed by atoms with E-state index in [4.69, 9.17) is 0 Å². The topological polar surface area (TPSA) is 41.1 Å². The minimum atomic E-state index is -0.125. The summed E-state index contributed by atoms with van der Waals surface area (Å²) in [5.41, 5.74) is 8.84. The zero-order valence-electron chi connectivity index (χ0n) is 20.4. The highest BCUT2D eigenvalue weighted by atomic mass is 16.1. The van der Waals surface area contributed by atoms with Gasteiger partial charge in [0, 0.05) is 24.1 Å². The summed E-state index contributed by atoms with van der Waals surface area (Å²) in [6.45, 7) is 14.5. The van der Waals surface area contributed by atoms with E-state index in [2.05, 4.69) is 86.5 Å². The van der Waals surface area contributed by atoms with Crippen molar-refractivity contribution in [3.63, 3.8) is 0 Å². The van der Waals surface area contributed by atoms with E-state index in [1.165, 1.54) is 35.1 Å². The largest absolute Gasteiger partial charge is 0.346 e. The number of amides is 1. The first-order valence-corrected chi connectivity index (χ1v) is 12.0. The molecule has 1 atom stereocenters. The Morgan fingerprint density at radius 1 is 1.00 bits per heavy atom. The van der Waals surface area contributed by atoms with Crippen LogP contribution in [-0.4, -0.2) is 19.0 Å². The summed E-state index contributed by atoms with van der Waals surface area (Å²) < 4.78 is 0. The highest BCUT2D eigenvalue weighted by Crippen LogP contribution is 2.51. The number of rotatable bonds is 7. The highest BCUT2D eigenvalue weighted by Gasteiger charge is 2.46. The molecular formula is C30H36N2O. The lowest BCUT2D eigenvalue weighted by Gasteiger charge is -2.52. The number of aryl methyl sites for hydroxylation is 1. The van der Waals surface area contributed by atoms with Crippen molar-refractivity contribution in [3.05, 3.63) is 101 Å². The van der Waals surface area contributed by atoms with Crippen LogP contribution in [0, 0.1) is 18.3 Å². The zero-order valence-corrected chi connectivity index (χ0v) is 20.4. The molecule has 33 heavy (non-hydrogen) atoms. The van der Waals surface area contributed by atoms with Gasteiger partial charge in [-0.15, -0.1) is 0 Å². The molecule has 0 aromatic heterocycles. The summed E-state index contributed by atoms with van der Waals surface area (Å²) >= 11 is 0. The number of nitrogens with one attached hydrogen (secondary N) is 2. The number of benzene rings is 2. The molecule has 4 rings (SSSR count). The molecule has 1 aliphatic carbocycles. The van der Waals surface area contributed by atoms with Gasteiger partial charge in [0.15, 0.2) is 0 Å². The Bertz CT molecular complexity index is 1070. The molecule has 2 aromatic rings. The molecule has 2 aliphatic rings. The molecule has 1 saturated heterocycles. The second-order valence-corrected chi connectivity index (χ2v) is 10.2. The van der Waals surface area contributed by atoms with Crippen molar-refractivity contribution < 1.29 is 4.79 Å². The lowest BCUT2D eigenvalue weighted by Crippen LogP contribution is -2.58. The maximum absolute atomic E-state index is 12.5. The van der Waals surface area contributed by atoms with Crippen LogP contribution < -0.4 is 10.6 Å². The van der Waals surface area contributed by atoms with Gasteiger partial charge in [-0.1, -0.05) is 92.2 Å². The lowest BCUT2D eigenvalue weighted by atomic mass is 9.60. The van der Waals surface area contributed by atoms with Gasteiger partial charge in [0.1, 0.15) is 0 Å². The molecule has 1 amide bonds. The third-order valence-corrected chi connectivity index (χ3v) is 6.89. The molecule has 172 valence electrons. The van der Waals surface area contributed by atoms with Crippen molar-refractivity contribution in [3.8, 4) is 0 Å². The van der Waals surface area contributed by atoms with Crippen molar-refractivity contribution in [2.75, 3.05) is 13.1 Å². The maximum Gasteiger partial charge on any atom is 0.251 e. The smallest absolute Gasteiger partial charge is 0.251 e. The van der Waals surface area contributed by atoms with Crippen molar-refractivity contribution >= 4 is 11.5 Å². The molecular weight excluding hydrogens is 404 g/mol. The molecule has 2 aromatic carbocycles. The zero-order chi connectivity index (χ0) is 23.6. The number of hydrogen-bond acceptors (Lipinski definition) is 2. The van der Waals surface area contributed by atoms with Crippen LogP contribution in [0.1, 0.15) is 61.9 Å². The molecule has 3 heteroatoms. The van der Waals surface area contributed by atoms with Gasteiger partial charge in [0.05, 0.1) is 6.04 Å². The molecule has 3 nitrogen and oxygen atoms in total. The quantitative estimate of drug-likeness (QED) is 0.402. The average Bonchev–Trinajstić information content (AvgIpc) is 2.73. The van der Waals surface area contributed by atoms with E-state index in [-0.39, 0.29) is 11.9 Å². The molecule has 1 saturated carbocycles. The summed E-state index contributed by atoms with van der Waals surface area (Å²) in [7, 11) is 0. The Morgan fingerprint density at radius 3 is 2.09 bits per heavy atom. The van der Waals surface area contributed by atoms with E-state index in [1.54, 1.807) is 11.6 Å². The standard InChI is InChI=1S/C30H36N2O/c1-20(2)6-9-22(4)29(33)32-23(5)24-12-14-26(15-13-24)28(25-10-7-21(3)8-11-25)27-16-30(17-27)18-31-19-30/h6-15,20,23,31H,4,16-19H2,1-3,5H3,(H,32,33)/b9-6-/t23-/m1/s1. The SMILES string of the molecule is C=C(/C=C\C(C)C)C(=O)N[C@H](C)c1ccc(C(=C2CC3(CNC3)C2)c2ccc(C)cc2)cc1. The van der Waals surface area contributed by atoms with Crippen LogP contribution in [0.3, 0.4) is 0 Å². The first-order chi connectivity index (χ1) is 15.8. The first kappa shape index (κ1) is 23.3. The second kappa shape index (κ2) is 9.52. The van der Waals surface area contributed by atoms with Gasteiger partial charge < -0.3 is 10.6 Å². The predicted octanol–water partition coefficient (Wildman–Crippen LogP) is 6.13. The Balaban J connectivity index is 1.52. The van der Waals surface area contributed by atoms with Crippen molar-refractivity contribution in [2.24, 2.45) is 11.3 Å². The van der Waals surface area contributed by atoms with E-state index < -0.39 is 0 Å². The summed E-state index contributed by atoms with van der Waals surface area (Å²) in [6, 6.07) is 17.5. The fraction of sp³-hybridized carbons (Fsp3) is 0.367. The molecule has 2 fully saturated rings. The van der Waals surface area contributed by atoms with Crippen LogP contribution >= 0.6 is 0 Å². The van der Waals surface area contributed by atoms with E-state index in [0.717, 1.165) is 18.7 Å². The third-order valence-electron chi connectivity index (χ3n) is 6.89. The van der Waals surface area contributed by atoms with E-state index in [0.29, 0.717) is 16.9 Å². The molecule has 2 N–H and O–H groups in total. The van der Waals surface area contributed by atoms with Gasteiger partial charge in [-0.05, 0) is 54.9 Å². The van der Waals surface area contributed by atoms with Crippen LogP contribution in [-0.2, 0) is 4.79 Å². The van der Waals surface area contributed by atoms with Gasteiger partial charge in [0.2, 0.25) is 0 Å². The van der Waals surface area contributed by atoms with Gasteiger partial charge in [-0.25, -0.2) is 0 Å². The fourth-order valence-corrected chi connectivity index (χ4v) is 4.75. The van der Waals surface area contributed by atoms with Crippen molar-refractivity contribution in [2.45, 2.75) is 46.6 Å². The van der Waals surface area contributed by atoms with Crippen LogP contribution in [0.25, 0.3) is 5.57 Å². The van der Waals surface area contributed by atoms with Gasteiger partial charge >= 0.3 is 0 Å². The number of carbonyl (C=O) groups is 1. The fourth-order valence-electron chi connectivity index (χ4n) is 4.75.